The zero-order valence-electron chi connectivity index (χ0n) is 13.4. The molecule has 2 aromatic rings. The Kier molecular flexibility index (Phi) is 6.22. The van der Waals surface area contributed by atoms with Crippen molar-refractivity contribution in [3.63, 3.8) is 0 Å². The summed E-state index contributed by atoms with van der Waals surface area (Å²) in [6.45, 7) is 3.35. The molecular formula is C19H25NO2S. The van der Waals surface area contributed by atoms with Gasteiger partial charge >= 0.3 is 0 Å². The van der Waals surface area contributed by atoms with Crippen LogP contribution in [0, 0.1) is 0 Å². The summed E-state index contributed by atoms with van der Waals surface area (Å²) in [4.78, 5) is 2.34. The van der Waals surface area contributed by atoms with Gasteiger partial charge in [0.1, 0.15) is 0 Å². The zero-order valence-corrected chi connectivity index (χ0v) is 14.3. The average Bonchev–Trinajstić information content (AvgIpc) is 3.22. The Bertz CT molecular complexity index is 552. The number of nitrogens with zero attached hydrogens (tertiary/aromatic N) is 1. The monoisotopic (exact) mass is 331 g/mol. The smallest absolute Gasteiger partial charge is 0.0707 e. The van der Waals surface area contributed by atoms with Crippen molar-refractivity contribution in [1.82, 2.24) is 4.90 Å². The summed E-state index contributed by atoms with van der Waals surface area (Å²) in [5, 5.41) is 14.8. The van der Waals surface area contributed by atoms with E-state index in [9.17, 15) is 5.11 Å². The van der Waals surface area contributed by atoms with Crippen LogP contribution in [-0.4, -0.2) is 41.9 Å². The number of aliphatic hydroxyl groups excluding tert-OH is 1. The summed E-state index contributed by atoms with van der Waals surface area (Å²) in [5.41, 5.74) is 2.51. The second-order valence-electron chi connectivity index (χ2n) is 6.30. The van der Waals surface area contributed by atoms with Crippen LogP contribution in [-0.2, 0) is 17.7 Å². The van der Waals surface area contributed by atoms with E-state index in [4.69, 9.17) is 4.74 Å². The van der Waals surface area contributed by atoms with Gasteiger partial charge in [-0.25, -0.2) is 0 Å². The summed E-state index contributed by atoms with van der Waals surface area (Å²) < 4.78 is 5.78. The molecule has 0 saturated carbocycles. The molecular weight excluding hydrogens is 306 g/mol. The van der Waals surface area contributed by atoms with Gasteiger partial charge in [0.05, 0.1) is 12.2 Å². The van der Waals surface area contributed by atoms with E-state index in [0.29, 0.717) is 19.1 Å². The number of thiophene rings is 1. The maximum atomic E-state index is 10.5. The molecule has 4 heteroatoms. The minimum absolute atomic E-state index is 0.317. The normalized spacial score (nSPS) is 19.3. The average molecular weight is 331 g/mol. The fourth-order valence-corrected chi connectivity index (χ4v) is 3.83. The lowest BCUT2D eigenvalue weighted by Crippen LogP contribution is -2.38. The van der Waals surface area contributed by atoms with Crippen molar-refractivity contribution >= 4 is 11.3 Å². The van der Waals surface area contributed by atoms with Crippen LogP contribution in [0.25, 0.3) is 0 Å². The van der Waals surface area contributed by atoms with E-state index in [0.717, 1.165) is 32.5 Å². The second-order valence-corrected chi connectivity index (χ2v) is 7.08. The fraction of sp³-hybridized carbons (Fsp3) is 0.474. The summed E-state index contributed by atoms with van der Waals surface area (Å²) in [5.74, 6) is 0. The predicted molar refractivity (Wildman–Crippen MR) is 94.7 cm³/mol. The van der Waals surface area contributed by atoms with E-state index in [2.05, 4.69) is 33.9 Å². The molecule has 1 N–H and O–H groups in total. The highest BCUT2D eigenvalue weighted by atomic mass is 32.1. The van der Waals surface area contributed by atoms with Gasteiger partial charge in [0, 0.05) is 26.2 Å². The molecule has 124 valence electrons. The largest absolute Gasteiger partial charge is 0.391 e. The first-order valence-corrected chi connectivity index (χ1v) is 9.31. The third-order valence-corrected chi connectivity index (χ3v) is 4.99. The Morgan fingerprint density at radius 2 is 2.09 bits per heavy atom. The molecule has 0 amide bonds. The van der Waals surface area contributed by atoms with Crippen LogP contribution in [0.5, 0.6) is 0 Å². The van der Waals surface area contributed by atoms with Crippen molar-refractivity contribution in [3.05, 3.63) is 58.3 Å². The minimum atomic E-state index is -0.350. The molecule has 3 rings (SSSR count). The van der Waals surface area contributed by atoms with E-state index < -0.39 is 0 Å². The maximum Gasteiger partial charge on any atom is 0.0707 e. The van der Waals surface area contributed by atoms with Crippen LogP contribution in [0.4, 0.5) is 0 Å². The Morgan fingerprint density at radius 1 is 1.22 bits per heavy atom. The van der Waals surface area contributed by atoms with Crippen LogP contribution in [0.2, 0.25) is 0 Å². The quantitative estimate of drug-likeness (QED) is 0.805. The number of ether oxygens (including phenoxy) is 1. The van der Waals surface area contributed by atoms with Crippen LogP contribution in [0.1, 0.15) is 24.0 Å². The predicted octanol–water partition coefficient (Wildman–Crippen LogP) is 3.33. The molecule has 2 atom stereocenters. The Morgan fingerprint density at radius 3 is 2.78 bits per heavy atom. The highest BCUT2D eigenvalue weighted by Gasteiger charge is 2.21. The van der Waals surface area contributed by atoms with E-state index in [1.165, 1.54) is 11.1 Å². The summed E-state index contributed by atoms with van der Waals surface area (Å²) in [7, 11) is 0. The Labute approximate surface area is 142 Å². The lowest BCUT2D eigenvalue weighted by atomic mass is 10.1. The molecule has 1 aromatic heterocycles. The first-order valence-electron chi connectivity index (χ1n) is 8.36. The summed E-state index contributed by atoms with van der Waals surface area (Å²) >= 11 is 1.73. The van der Waals surface area contributed by atoms with Gasteiger partial charge in [0.2, 0.25) is 0 Å². The van der Waals surface area contributed by atoms with Gasteiger partial charge in [0.15, 0.2) is 0 Å². The van der Waals surface area contributed by atoms with Gasteiger partial charge in [-0.1, -0.05) is 30.3 Å². The van der Waals surface area contributed by atoms with Gasteiger partial charge in [-0.3, -0.25) is 4.90 Å². The highest BCUT2D eigenvalue weighted by Crippen LogP contribution is 2.17. The standard InChI is InChI=1S/C19H25NO2S/c21-18(11-16-5-2-1-3-6-16)13-20(12-17-8-10-23-15-17)14-19-7-4-9-22-19/h1-3,5-6,8,10,15,18-19,21H,4,7,9,11-14H2/t18-,19+/m0/s1. The third kappa shape index (κ3) is 5.43. The van der Waals surface area contributed by atoms with E-state index in [1.807, 2.05) is 18.2 Å². The zero-order chi connectivity index (χ0) is 15.9. The lowest BCUT2D eigenvalue weighted by molar-refractivity contribution is 0.0465. The topological polar surface area (TPSA) is 32.7 Å². The van der Waals surface area contributed by atoms with Crippen molar-refractivity contribution in [2.45, 2.75) is 38.0 Å². The van der Waals surface area contributed by atoms with Gasteiger partial charge in [-0.05, 0) is 47.2 Å². The van der Waals surface area contributed by atoms with Crippen molar-refractivity contribution in [2.24, 2.45) is 0 Å². The maximum absolute atomic E-state index is 10.5. The van der Waals surface area contributed by atoms with Crippen LogP contribution in [0.15, 0.2) is 47.2 Å². The summed E-state index contributed by atoms with van der Waals surface area (Å²) in [6, 6.07) is 12.4. The Hall–Kier alpha value is -1.20. The SMILES string of the molecule is O[C@@H](Cc1ccccc1)CN(Cc1ccsc1)C[C@H]1CCCO1. The molecule has 1 aliphatic heterocycles. The molecule has 0 unspecified atom stereocenters. The number of rotatable bonds is 8. The molecule has 2 heterocycles. The van der Waals surface area contributed by atoms with Gasteiger partial charge < -0.3 is 9.84 Å². The molecule has 0 radical (unpaired) electrons. The van der Waals surface area contributed by atoms with Gasteiger partial charge in [0.25, 0.3) is 0 Å². The number of benzene rings is 1. The highest BCUT2D eigenvalue weighted by molar-refractivity contribution is 7.07. The van der Waals surface area contributed by atoms with Crippen molar-refractivity contribution in [3.8, 4) is 0 Å². The molecule has 0 aliphatic carbocycles. The van der Waals surface area contributed by atoms with Gasteiger partial charge in [-0.15, -0.1) is 0 Å². The molecule has 1 fully saturated rings. The molecule has 23 heavy (non-hydrogen) atoms. The molecule has 1 saturated heterocycles. The van der Waals surface area contributed by atoms with Crippen molar-refractivity contribution in [2.75, 3.05) is 19.7 Å². The van der Waals surface area contributed by atoms with Crippen molar-refractivity contribution < 1.29 is 9.84 Å². The van der Waals surface area contributed by atoms with E-state index >= 15 is 0 Å². The third-order valence-electron chi connectivity index (χ3n) is 4.26. The molecule has 3 nitrogen and oxygen atoms in total. The lowest BCUT2D eigenvalue weighted by Gasteiger charge is -2.27. The molecule has 1 aromatic carbocycles. The number of hydrogen-bond acceptors (Lipinski definition) is 4. The first kappa shape index (κ1) is 16.7. The Balaban J connectivity index is 1.57. The first-order chi connectivity index (χ1) is 11.3. The molecule has 0 bridgehead atoms. The molecule has 0 spiro atoms. The minimum Gasteiger partial charge on any atom is -0.391 e. The fourth-order valence-electron chi connectivity index (χ4n) is 3.17. The van der Waals surface area contributed by atoms with E-state index in [1.54, 1.807) is 11.3 Å². The van der Waals surface area contributed by atoms with Crippen LogP contribution >= 0.6 is 11.3 Å². The second kappa shape index (κ2) is 8.60. The van der Waals surface area contributed by atoms with Crippen LogP contribution < -0.4 is 0 Å². The molecule has 1 aliphatic rings. The van der Waals surface area contributed by atoms with Crippen LogP contribution in [0.3, 0.4) is 0 Å². The summed E-state index contributed by atoms with van der Waals surface area (Å²) in [6.07, 6.45) is 2.96. The number of aliphatic hydroxyl groups is 1. The van der Waals surface area contributed by atoms with E-state index in [-0.39, 0.29) is 6.10 Å². The number of hydrogen-bond donors (Lipinski definition) is 1. The van der Waals surface area contributed by atoms with Crippen molar-refractivity contribution in [1.29, 1.82) is 0 Å². The van der Waals surface area contributed by atoms with Gasteiger partial charge in [-0.2, -0.15) is 11.3 Å².